The van der Waals surface area contributed by atoms with Crippen molar-refractivity contribution in [2.24, 2.45) is 5.92 Å². The van der Waals surface area contributed by atoms with Gasteiger partial charge < -0.3 is 4.90 Å². The highest BCUT2D eigenvalue weighted by Gasteiger charge is 2.49. The first-order valence-electron chi connectivity index (χ1n) is 20.8. The van der Waals surface area contributed by atoms with Gasteiger partial charge in [-0.1, -0.05) is 172 Å². The van der Waals surface area contributed by atoms with Gasteiger partial charge in [-0.15, -0.1) is 0 Å². The van der Waals surface area contributed by atoms with Crippen LogP contribution in [0.25, 0.3) is 21.5 Å². The summed E-state index contributed by atoms with van der Waals surface area (Å²) in [7, 11) is 2.29. The van der Waals surface area contributed by atoms with Crippen molar-refractivity contribution in [2.75, 3.05) is 18.5 Å². The van der Waals surface area contributed by atoms with E-state index < -0.39 is 0 Å². The molecule has 0 aliphatic carbocycles. The van der Waals surface area contributed by atoms with Gasteiger partial charge in [0.2, 0.25) is 5.69 Å². The van der Waals surface area contributed by atoms with Crippen LogP contribution in [0.15, 0.2) is 188 Å². The summed E-state index contributed by atoms with van der Waals surface area (Å²) in [6.07, 6.45) is 11.2. The van der Waals surface area contributed by atoms with E-state index in [4.69, 9.17) is 0 Å². The van der Waals surface area contributed by atoms with Crippen molar-refractivity contribution in [3.05, 3.63) is 216 Å². The molecule has 282 valence electrons. The molecule has 2 heterocycles. The van der Waals surface area contributed by atoms with Crippen LogP contribution in [0.1, 0.15) is 55.0 Å². The highest BCUT2D eigenvalue weighted by Crippen LogP contribution is 2.54. The third kappa shape index (κ3) is 6.61. The number of benzene rings is 7. The Morgan fingerprint density at radius 1 is 0.596 bits per heavy atom. The van der Waals surface area contributed by atoms with Crippen LogP contribution in [0.5, 0.6) is 0 Å². The zero-order chi connectivity index (χ0) is 39.0. The monoisotopic (exact) mass is 741 g/mol. The van der Waals surface area contributed by atoms with E-state index >= 15 is 0 Å². The summed E-state index contributed by atoms with van der Waals surface area (Å²) in [5.74, 6) is 0.597. The van der Waals surface area contributed by atoms with Crippen molar-refractivity contribution in [3.63, 3.8) is 0 Å². The lowest BCUT2D eigenvalue weighted by Crippen LogP contribution is -2.35. The Bertz CT molecular complexity index is 2610. The van der Waals surface area contributed by atoms with Gasteiger partial charge in [0.15, 0.2) is 5.71 Å². The molecule has 7 aromatic carbocycles. The molecule has 0 saturated heterocycles. The number of likely N-dealkylation sites (N-methyl/N-ethyl adjacent to an activating group) is 1. The summed E-state index contributed by atoms with van der Waals surface area (Å²) in [6, 6.07) is 60.7. The highest BCUT2D eigenvalue weighted by molar-refractivity contribution is 6.08. The van der Waals surface area contributed by atoms with Crippen LogP contribution in [0.4, 0.5) is 11.4 Å². The molecule has 0 radical (unpaired) electrons. The zero-order valence-corrected chi connectivity index (χ0v) is 33.8. The molecule has 0 N–H and O–H groups in total. The first-order chi connectivity index (χ1) is 27.9. The molecule has 0 aromatic heterocycles. The fourth-order valence-electron chi connectivity index (χ4n) is 10.1. The second kappa shape index (κ2) is 15.2. The summed E-state index contributed by atoms with van der Waals surface area (Å²) < 4.78 is 2.65. The van der Waals surface area contributed by atoms with Crippen molar-refractivity contribution in [1.82, 2.24) is 0 Å². The van der Waals surface area contributed by atoms with Gasteiger partial charge >= 0.3 is 0 Å². The molecule has 0 amide bonds. The van der Waals surface area contributed by atoms with E-state index in [1.807, 2.05) is 0 Å². The van der Waals surface area contributed by atoms with Gasteiger partial charge in [0.1, 0.15) is 6.54 Å². The van der Waals surface area contributed by atoms with E-state index in [0.717, 1.165) is 32.2 Å². The number of allylic oxidation sites excluding steroid dienone is 4. The minimum absolute atomic E-state index is 0.241. The maximum atomic E-state index is 2.65. The minimum atomic E-state index is -0.286. The van der Waals surface area contributed by atoms with Gasteiger partial charge in [0.05, 0.1) is 11.1 Å². The Hall–Kier alpha value is -5.99. The van der Waals surface area contributed by atoms with Crippen LogP contribution in [0, 0.1) is 5.92 Å². The molecule has 0 spiro atoms. The average Bonchev–Trinajstić information content (AvgIpc) is 3.61. The summed E-state index contributed by atoms with van der Waals surface area (Å²) in [4.78, 5) is 2.51. The van der Waals surface area contributed by atoms with E-state index in [2.05, 4.69) is 219 Å². The molecular weight excluding hydrogens is 689 g/mol. The molecular formula is C55H53N2+. The molecule has 2 nitrogen and oxygen atoms in total. The van der Waals surface area contributed by atoms with Crippen molar-refractivity contribution in [1.29, 1.82) is 0 Å². The standard InChI is InChI=1S/C55H53N2/c1-40(2)35-36-57-49-34-32-44-25-14-16-27-46(44)52(49)54(3,37-41-19-8-5-9-20-41)50(57)29-18-30-51-55(38-42-21-10-6-11-22-42,39-43-23-12-7-13-24-43)48-33-31-45-26-15-17-28-47(45)53(48)56(51)4/h5-34,40H,35-39H2,1-4H3/q+1. The summed E-state index contributed by atoms with van der Waals surface area (Å²) in [6.45, 7) is 8.16. The molecule has 57 heavy (non-hydrogen) atoms. The van der Waals surface area contributed by atoms with Gasteiger partial charge in [-0.2, -0.15) is 4.58 Å². The van der Waals surface area contributed by atoms with Crippen LogP contribution in [-0.2, 0) is 30.1 Å². The predicted molar refractivity (Wildman–Crippen MR) is 242 cm³/mol. The lowest BCUT2D eigenvalue weighted by molar-refractivity contribution is -0.439. The van der Waals surface area contributed by atoms with Gasteiger partial charge in [0.25, 0.3) is 0 Å². The van der Waals surface area contributed by atoms with Gasteiger partial charge in [-0.25, -0.2) is 0 Å². The molecule has 7 aromatic rings. The number of rotatable bonds is 11. The fourth-order valence-corrected chi connectivity index (χ4v) is 10.1. The Labute approximate surface area is 339 Å². The topological polar surface area (TPSA) is 6.25 Å². The molecule has 1 atom stereocenters. The number of nitrogens with zero attached hydrogens (tertiary/aromatic N) is 2. The smallest absolute Gasteiger partial charge is 0.210 e. The molecule has 1 unspecified atom stereocenters. The van der Waals surface area contributed by atoms with E-state index in [1.54, 1.807) is 0 Å². The summed E-state index contributed by atoms with van der Waals surface area (Å²) >= 11 is 0. The molecule has 2 heteroatoms. The Kier molecular flexibility index (Phi) is 9.75. The molecule has 2 aliphatic heterocycles. The first kappa shape index (κ1) is 36.6. The summed E-state index contributed by atoms with van der Waals surface area (Å²) in [5.41, 5.74) is 11.7. The lowest BCUT2D eigenvalue weighted by Gasteiger charge is -2.33. The second-order valence-electron chi connectivity index (χ2n) is 17.0. The predicted octanol–water partition coefficient (Wildman–Crippen LogP) is 13.0. The fraction of sp³-hybridized carbons (Fsp3) is 0.218. The van der Waals surface area contributed by atoms with Gasteiger partial charge in [0, 0.05) is 47.7 Å². The van der Waals surface area contributed by atoms with E-state index in [0.29, 0.717) is 5.92 Å². The quantitative estimate of drug-likeness (QED) is 0.120. The first-order valence-corrected chi connectivity index (χ1v) is 20.8. The molecule has 0 fully saturated rings. The van der Waals surface area contributed by atoms with Crippen molar-refractivity contribution in [3.8, 4) is 0 Å². The largest absolute Gasteiger partial charge is 0.347 e. The van der Waals surface area contributed by atoms with Crippen molar-refractivity contribution >= 4 is 38.6 Å². The lowest BCUT2D eigenvalue weighted by atomic mass is 9.70. The summed E-state index contributed by atoms with van der Waals surface area (Å²) in [5, 5.41) is 5.23. The maximum Gasteiger partial charge on any atom is 0.210 e. The normalized spacial score (nSPS) is 18.1. The van der Waals surface area contributed by atoms with E-state index in [-0.39, 0.29) is 10.8 Å². The molecule has 9 rings (SSSR count). The zero-order valence-electron chi connectivity index (χ0n) is 33.8. The molecule has 0 saturated carbocycles. The van der Waals surface area contributed by atoms with Crippen LogP contribution < -0.4 is 4.90 Å². The Balaban J connectivity index is 1.25. The van der Waals surface area contributed by atoms with Crippen LogP contribution >= 0.6 is 0 Å². The maximum absolute atomic E-state index is 2.65. The molecule has 2 aliphatic rings. The Morgan fingerprint density at radius 3 is 1.74 bits per heavy atom. The van der Waals surface area contributed by atoms with E-state index in [9.17, 15) is 0 Å². The SMILES string of the molecule is CC(C)CC[N+]1=C(/C=C/C=C2/N(C)c3c(ccc4ccccc34)C2(Cc2ccccc2)Cc2ccccc2)C(C)(Cc2ccccc2)c2c1ccc1ccccc21. The number of fused-ring (bicyclic) bond motifs is 6. The number of hydrogen-bond acceptors (Lipinski definition) is 1. The second-order valence-corrected chi connectivity index (χ2v) is 17.0. The van der Waals surface area contributed by atoms with Crippen molar-refractivity contribution in [2.45, 2.75) is 57.3 Å². The number of hydrogen-bond donors (Lipinski definition) is 0. The van der Waals surface area contributed by atoms with Gasteiger partial charge in [-0.05, 0) is 82.7 Å². The minimum Gasteiger partial charge on any atom is -0.347 e. The molecule has 0 bridgehead atoms. The van der Waals surface area contributed by atoms with E-state index in [1.165, 1.54) is 72.1 Å². The van der Waals surface area contributed by atoms with Gasteiger partial charge in [-0.3, -0.25) is 0 Å². The third-order valence-corrected chi connectivity index (χ3v) is 12.7. The van der Waals surface area contributed by atoms with Crippen LogP contribution in [-0.4, -0.2) is 23.9 Å². The number of anilines is 1. The highest BCUT2D eigenvalue weighted by atomic mass is 15.2. The average molecular weight is 742 g/mol. The van der Waals surface area contributed by atoms with Crippen LogP contribution in [0.3, 0.4) is 0 Å². The van der Waals surface area contributed by atoms with Crippen LogP contribution in [0.2, 0.25) is 0 Å². The Morgan fingerprint density at radius 2 is 1.12 bits per heavy atom. The van der Waals surface area contributed by atoms with Crippen molar-refractivity contribution < 1.29 is 4.58 Å². The third-order valence-electron chi connectivity index (χ3n) is 12.7.